The smallest absolute Gasteiger partial charge is 0.122 e. The number of nitrogens with zero attached hydrogens (tertiary/aromatic N) is 1. The van der Waals surface area contributed by atoms with Crippen molar-refractivity contribution in [1.29, 1.82) is 5.41 Å². The lowest BCUT2D eigenvalue weighted by atomic mass is 10.0. The van der Waals surface area contributed by atoms with Gasteiger partial charge in [0.05, 0.1) is 0 Å². The first-order valence-corrected chi connectivity index (χ1v) is 5.73. The molecule has 0 atom stereocenters. The summed E-state index contributed by atoms with van der Waals surface area (Å²) in [6, 6.07) is 7.96. The summed E-state index contributed by atoms with van der Waals surface area (Å²) >= 11 is 0. The van der Waals surface area contributed by atoms with Crippen LogP contribution in [0.1, 0.15) is 32.3 Å². The van der Waals surface area contributed by atoms with E-state index < -0.39 is 0 Å². The Labute approximate surface area is 96.8 Å². The number of amidine groups is 1. The van der Waals surface area contributed by atoms with Crippen molar-refractivity contribution in [1.82, 2.24) is 0 Å². The zero-order valence-electron chi connectivity index (χ0n) is 9.96. The number of nitrogen functional groups attached to an aromatic ring is 1. The summed E-state index contributed by atoms with van der Waals surface area (Å²) in [6.45, 7) is 5.67. The number of nitrogens with two attached hydrogens (primary N) is 1. The fraction of sp³-hybridized carbons (Fsp3) is 0.462. The maximum atomic E-state index is 7.36. The SMILES string of the molecule is CC1(C)CCCN1c1ccc(C(=N)N)cc1. The molecule has 1 fully saturated rings. The first kappa shape index (κ1) is 11.0. The van der Waals surface area contributed by atoms with Gasteiger partial charge < -0.3 is 10.6 Å². The van der Waals surface area contributed by atoms with E-state index in [4.69, 9.17) is 11.1 Å². The lowest BCUT2D eigenvalue weighted by molar-refractivity contribution is 0.518. The predicted molar refractivity (Wildman–Crippen MR) is 68.1 cm³/mol. The van der Waals surface area contributed by atoms with Crippen molar-refractivity contribution in [2.45, 2.75) is 32.2 Å². The summed E-state index contributed by atoms with van der Waals surface area (Å²) in [5.74, 6) is 0.132. The van der Waals surface area contributed by atoms with Crippen LogP contribution < -0.4 is 10.6 Å². The molecule has 0 saturated carbocycles. The molecule has 0 aliphatic carbocycles. The summed E-state index contributed by atoms with van der Waals surface area (Å²) in [6.07, 6.45) is 2.49. The average molecular weight is 217 g/mol. The highest BCUT2D eigenvalue weighted by atomic mass is 15.2. The standard InChI is InChI=1S/C13H19N3/c1-13(2)8-3-9-16(13)11-6-4-10(5-7-11)12(14)15/h4-7H,3,8-9H2,1-2H3,(H3,14,15). The van der Waals surface area contributed by atoms with Crippen molar-refractivity contribution >= 4 is 11.5 Å². The van der Waals surface area contributed by atoms with Gasteiger partial charge in [-0.05, 0) is 51.0 Å². The van der Waals surface area contributed by atoms with Crippen molar-refractivity contribution in [3.05, 3.63) is 29.8 Å². The van der Waals surface area contributed by atoms with E-state index in [-0.39, 0.29) is 11.4 Å². The lowest BCUT2D eigenvalue weighted by Crippen LogP contribution is -2.38. The second-order valence-electron chi connectivity index (χ2n) is 5.03. The summed E-state index contributed by atoms with van der Waals surface area (Å²) in [5, 5.41) is 7.36. The third-order valence-electron chi connectivity index (χ3n) is 3.39. The minimum atomic E-state index is 0.132. The molecular weight excluding hydrogens is 198 g/mol. The van der Waals surface area contributed by atoms with Gasteiger partial charge in [-0.2, -0.15) is 0 Å². The van der Waals surface area contributed by atoms with Gasteiger partial charge >= 0.3 is 0 Å². The Kier molecular flexibility index (Phi) is 2.62. The van der Waals surface area contributed by atoms with E-state index in [0.717, 1.165) is 12.1 Å². The first-order chi connectivity index (χ1) is 7.50. The molecule has 1 aliphatic rings. The van der Waals surface area contributed by atoms with Crippen LogP contribution in [0.25, 0.3) is 0 Å². The van der Waals surface area contributed by atoms with E-state index in [0.29, 0.717) is 0 Å². The predicted octanol–water partition coefficient (Wildman–Crippen LogP) is 2.35. The fourth-order valence-corrected chi connectivity index (χ4v) is 2.41. The molecular formula is C13H19N3. The molecule has 0 spiro atoms. The van der Waals surface area contributed by atoms with Gasteiger partial charge in [0.25, 0.3) is 0 Å². The number of hydrogen-bond donors (Lipinski definition) is 2. The molecule has 86 valence electrons. The average Bonchev–Trinajstić information content (AvgIpc) is 2.58. The largest absolute Gasteiger partial charge is 0.384 e. The summed E-state index contributed by atoms with van der Waals surface area (Å²) in [7, 11) is 0. The molecule has 1 aromatic carbocycles. The van der Waals surface area contributed by atoms with Crippen LogP contribution >= 0.6 is 0 Å². The highest BCUT2D eigenvalue weighted by Gasteiger charge is 2.31. The molecule has 1 saturated heterocycles. The topological polar surface area (TPSA) is 53.1 Å². The van der Waals surface area contributed by atoms with E-state index in [9.17, 15) is 0 Å². The van der Waals surface area contributed by atoms with E-state index in [1.54, 1.807) is 0 Å². The van der Waals surface area contributed by atoms with Gasteiger partial charge in [-0.25, -0.2) is 0 Å². The number of nitrogens with one attached hydrogen (secondary N) is 1. The highest BCUT2D eigenvalue weighted by molar-refractivity contribution is 5.95. The van der Waals surface area contributed by atoms with Gasteiger partial charge in [0.1, 0.15) is 5.84 Å². The van der Waals surface area contributed by atoms with Crippen LogP contribution in [0.15, 0.2) is 24.3 Å². The second kappa shape index (κ2) is 3.81. The molecule has 3 nitrogen and oxygen atoms in total. The monoisotopic (exact) mass is 217 g/mol. The van der Waals surface area contributed by atoms with Crippen molar-refractivity contribution < 1.29 is 0 Å². The molecule has 1 aromatic rings. The lowest BCUT2D eigenvalue weighted by Gasteiger charge is -2.33. The quantitative estimate of drug-likeness (QED) is 0.590. The maximum absolute atomic E-state index is 7.36. The van der Waals surface area contributed by atoms with Crippen molar-refractivity contribution in [3.8, 4) is 0 Å². The van der Waals surface area contributed by atoms with E-state index in [1.807, 2.05) is 12.1 Å². The number of rotatable bonds is 2. The Hall–Kier alpha value is -1.51. The zero-order chi connectivity index (χ0) is 11.8. The molecule has 2 rings (SSSR count). The number of hydrogen-bond acceptors (Lipinski definition) is 2. The van der Waals surface area contributed by atoms with Crippen LogP contribution in [-0.4, -0.2) is 17.9 Å². The van der Waals surface area contributed by atoms with Gasteiger partial charge in [0.15, 0.2) is 0 Å². The zero-order valence-corrected chi connectivity index (χ0v) is 9.96. The Morgan fingerprint density at radius 2 is 1.94 bits per heavy atom. The number of anilines is 1. The molecule has 1 heterocycles. The van der Waals surface area contributed by atoms with Gasteiger partial charge in [0.2, 0.25) is 0 Å². The van der Waals surface area contributed by atoms with Crippen molar-refractivity contribution in [2.24, 2.45) is 5.73 Å². The van der Waals surface area contributed by atoms with Crippen LogP contribution in [0.4, 0.5) is 5.69 Å². The molecule has 3 heteroatoms. The first-order valence-electron chi connectivity index (χ1n) is 5.73. The highest BCUT2D eigenvalue weighted by Crippen LogP contribution is 2.33. The van der Waals surface area contributed by atoms with E-state index in [2.05, 4.69) is 30.9 Å². The molecule has 0 amide bonds. The Morgan fingerprint density at radius 3 is 2.38 bits per heavy atom. The van der Waals surface area contributed by atoms with E-state index in [1.165, 1.54) is 18.5 Å². The fourth-order valence-electron chi connectivity index (χ4n) is 2.41. The van der Waals surface area contributed by atoms with Crippen LogP contribution in [0.3, 0.4) is 0 Å². The molecule has 0 bridgehead atoms. The minimum absolute atomic E-state index is 0.132. The Morgan fingerprint density at radius 1 is 1.31 bits per heavy atom. The molecule has 0 aromatic heterocycles. The molecule has 3 N–H and O–H groups in total. The summed E-state index contributed by atoms with van der Waals surface area (Å²) in [5.41, 5.74) is 7.71. The third kappa shape index (κ3) is 1.90. The summed E-state index contributed by atoms with van der Waals surface area (Å²) in [4.78, 5) is 2.43. The van der Waals surface area contributed by atoms with Gasteiger partial charge in [-0.15, -0.1) is 0 Å². The van der Waals surface area contributed by atoms with Crippen molar-refractivity contribution in [2.75, 3.05) is 11.4 Å². The van der Waals surface area contributed by atoms with Crippen LogP contribution in [-0.2, 0) is 0 Å². The molecule has 0 unspecified atom stereocenters. The maximum Gasteiger partial charge on any atom is 0.122 e. The Balaban J connectivity index is 2.25. The molecule has 0 radical (unpaired) electrons. The minimum Gasteiger partial charge on any atom is -0.384 e. The molecule has 1 aliphatic heterocycles. The normalized spacial score (nSPS) is 18.8. The van der Waals surface area contributed by atoms with Crippen LogP contribution in [0.5, 0.6) is 0 Å². The van der Waals surface area contributed by atoms with Crippen molar-refractivity contribution in [3.63, 3.8) is 0 Å². The summed E-state index contributed by atoms with van der Waals surface area (Å²) < 4.78 is 0. The Bertz CT molecular complexity index is 392. The van der Waals surface area contributed by atoms with Gasteiger partial charge in [-0.1, -0.05) is 0 Å². The number of benzene rings is 1. The van der Waals surface area contributed by atoms with E-state index >= 15 is 0 Å². The second-order valence-corrected chi connectivity index (χ2v) is 5.03. The van der Waals surface area contributed by atoms with Crippen LogP contribution in [0, 0.1) is 5.41 Å². The van der Waals surface area contributed by atoms with Gasteiger partial charge in [0, 0.05) is 23.3 Å². The van der Waals surface area contributed by atoms with Crippen LogP contribution in [0.2, 0.25) is 0 Å². The third-order valence-corrected chi connectivity index (χ3v) is 3.39. The van der Waals surface area contributed by atoms with Gasteiger partial charge in [-0.3, -0.25) is 5.41 Å². The molecule has 16 heavy (non-hydrogen) atoms.